The van der Waals surface area contributed by atoms with Crippen molar-refractivity contribution in [3.63, 3.8) is 0 Å². The van der Waals surface area contributed by atoms with Crippen molar-refractivity contribution in [2.24, 2.45) is 0 Å². The molecule has 154 valence electrons. The van der Waals surface area contributed by atoms with Gasteiger partial charge in [-0.05, 0) is 0 Å². The summed E-state index contributed by atoms with van der Waals surface area (Å²) >= 11 is 0. The molecule has 0 N–H and O–H groups in total. The first kappa shape index (κ1) is 26.3. The Hall–Kier alpha value is -0.950. The molecule has 0 spiro atoms. The monoisotopic (exact) mass is 446 g/mol. The van der Waals surface area contributed by atoms with E-state index in [1.807, 2.05) is 0 Å². The van der Waals surface area contributed by atoms with Crippen LogP contribution in [0.25, 0.3) is 0 Å². The van der Waals surface area contributed by atoms with Crippen LogP contribution in [0.4, 0.5) is 48.3 Å². The highest BCUT2D eigenvalue weighted by Crippen LogP contribution is 2.27. The summed E-state index contributed by atoms with van der Waals surface area (Å²) in [7, 11) is -12.0. The Balaban J connectivity index is 0. The van der Waals surface area contributed by atoms with Crippen LogP contribution >= 0.6 is 0 Å². The lowest BCUT2D eigenvalue weighted by Gasteiger charge is -2.09. The highest BCUT2D eigenvalue weighted by molar-refractivity contribution is 7.87. The zero-order valence-corrected chi connectivity index (χ0v) is 12.5. The fraction of sp³-hybridized carbons (Fsp3) is 1.00. The molecule has 0 atom stereocenters. The van der Waals surface area contributed by atoms with Crippen molar-refractivity contribution in [2.75, 3.05) is 13.2 Å². The molecule has 0 rings (SSSR count). The molecular formula is C6H5F11O6S2. The molecule has 0 aliphatic rings. The summed E-state index contributed by atoms with van der Waals surface area (Å²) in [5, 5.41) is 0. The summed E-state index contributed by atoms with van der Waals surface area (Å²) in [6, 6.07) is 0. The largest absolute Gasteiger partial charge is 0.523 e. The summed E-state index contributed by atoms with van der Waals surface area (Å²) in [6.45, 7) is -4.28. The third-order valence-corrected chi connectivity index (χ3v) is 3.30. The lowest BCUT2D eigenvalue weighted by Crippen LogP contribution is -2.29. The molecule has 0 radical (unpaired) electrons. The Bertz CT molecular complexity index is 598. The number of hydrogen-bond donors (Lipinski definition) is 0. The second-order valence-corrected chi connectivity index (χ2v) is 6.57. The minimum atomic E-state index is -6.15. The minimum Gasteiger partial charge on any atom is -0.257 e. The Morgan fingerprint density at radius 2 is 1.00 bits per heavy atom. The van der Waals surface area contributed by atoms with E-state index in [9.17, 15) is 65.1 Å². The van der Waals surface area contributed by atoms with Gasteiger partial charge in [-0.3, -0.25) is 8.37 Å². The zero-order chi connectivity index (χ0) is 20.9. The molecule has 0 unspecified atom stereocenters. The topological polar surface area (TPSA) is 86.7 Å². The first-order valence-electron chi connectivity index (χ1n) is 4.88. The van der Waals surface area contributed by atoms with Crippen LogP contribution in [-0.2, 0) is 28.6 Å². The van der Waals surface area contributed by atoms with Crippen LogP contribution in [0.1, 0.15) is 0 Å². The highest BCUT2D eigenvalue weighted by Gasteiger charge is 2.49. The lowest BCUT2D eigenvalue weighted by molar-refractivity contribution is -0.156. The second kappa shape index (κ2) is 8.62. The summed E-state index contributed by atoms with van der Waals surface area (Å²) in [4.78, 5) is 0. The van der Waals surface area contributed by atoms with Gasteiger partial charge in [-0.1, -0.05) is 0 Å². The molecule has 25 heavy (non-hydrogen) atoms. The van der Waals surface area contributed by atoms with Crippen LogP contribution in [0.3, 0.4) is 0 Å². The predicted octanol–water partition coefficient (Wildman–Crippen LogP) is 2.53. The second-order valence-electron chi connectivity index (χ2n) is 3.35. The first-order chi connectivity index (χ1) is 10.6. The van der Waals surface area contributed by atoms with Gasteiger partial charge in [-0.25, -0.2) is 8.78 Å². The van der Waals surface area contributed by atoms with Crippen molar-refractivity contribution in [3.8, 4) is 0 Å². The van der Waals surface area contributed by atoms with Crippen LogP contribution in [0.2, 0.25) is 0 Å². The van der Waals surface area contributed by atoms with Gasteiger partial charge in [0, 0.05) is 0 Å². The third-order valence-electron chi connectivity index (χ3n) is 1.29. The van der Waals surface area contributed by atoms with Crippen LogP contribution in [-0.4, -0.2) is 53.7 Å². The maximum absolute atomic E-state index is 11.3. The first-order valence-corrected chi connectivity index (χ1v) is 7.70. The fourth-order valence-corrected chi connectivity index (χ4v) is 1.26. The molecular weight excluding hydrogens is 441 g/mol. The molecule has 0 aliphatic carbocycles. The SMILES string of the molecule is O=S(=O)(OCC(F)(F)F)C(F)(F)F.O=S(=O)(OCC(F)F)C(F)(F)F. The van der Waals surface area contributed by atoms with Gasteiger partial charge < -0.3 is 0 Å². The quantitative estimate of drug-likeness (QED) is 0.367. The molecule has 0 aromatic carbocycles. The van der Waals surface area contributed by atoms with E-state index in [4.69, 9.17) is 0 Å². The normalized spacial score (nSPS) is 14.2. The number of halogens is 11. The molecule has 6 nitrogen and oxygen atoms in total. The molecule has 0 saturated heterocycles. The van der Waals surface area contributed by atoms with E-state index in [1.54, 1.807) is 0 Å². The Morgan fingerprint density at radius 1 is 0.680 bits per heavy atom. The van der Waals surface area contributed by atoms with Gasteiger partial charge in [0.15, 0.2) is 6.61 Å². The van der Waals surface area contributed by atoms with Gasteiger partial charge in [0.05, 0.1) is 0 Å². The third kappa shape index (κ3) is 11.3. The van der Waals surface area contributed by atoms with E-state index in [-0.39, 0.29) is 0 Å². The van der Waals surface area contributed by atoms with Crippen molar-refractivity contribution in [1.82, 2.24) is 0 Å². The Kier molecular flexibility index (Phi) is 9.07. The van der Waals surface area contributed by atoms with Crippen molar-refractivity contribution < 1.29 is 73.5 Å². The molecule has 0 amide bonds. The van der Waals surface area contributed by atoms with Gasteiger partial charge in [-0.15, -0.1) is 0 Å². The Labute approximate surface area is 131 Å². The van der Waals surface area contributed by atoms with Gasteiger partial charge in [0.25, 0.3) is 6.43 Å². The van der Waals surface area contributed by atoms with E-state index in [0.717, 1.165) is 0 Å². The van der Waals surface area contributed by atoms with E-state index < -0.39 is 57.1 Å². The van der Waals surface area contributed by atoms with Crippen molar-refractivity contribution in [1.29, 1.82) is 0 Å². The lowest BCUT2D eigenvalue weighted by atomic mass is 10.7. The maximum Gasteiger partial charge on any atom is 0.523 e. The van der Waals surface area contributed by atoms with Gasteiger partial charge in [-0.2, -0.15) is 56.3 Å². The van der Waals surface area contributed by atoms with Gasteiger partial charge >= 0.3 is 37.4 Å². The average molecular weight is 446 g/mol. The summed E-state index contributed by atoms with van der Waals surface area (Å²) in [6.07, 6.45) is -8.39. The molecule has 0 aromatic heterocycles. The molecule has 19 heteroatoms. The zero-order valence-electron chi connectivity index (χ0n) is 10.9. The van der Waals surface area contributed by atoms with E-state index in [2.05, 4.69) is 8.37 Å². The van der Waals surface area contributed by atoms with Gasteiger partial charge in [0.1, 0.15) is 6.61 Å². The summed E-state index contributed by atoms with van der Waals surface area (Å²) in [5.41, 5.74) is -11.5. The summed E-state index contributed by atoms with van der Waals surface area (Å²) in [5.74, 6) is 0. The summed E-state index contributed by atoms with van der Waals surface area (Å²) < 4.78 is 169. The number of rotatable bonds is 5. The maximum atomic E-state index is 11.3. The molecule has 0 bridgehead atoms. The van der Waals surface area contributed by atoms with Gasteiger partial charge in [0.2, 0.25) is 0 Å². The van der Waals surface area contributed by atoms with E-state index >= 15 is 0 Å². The van der Waals surface area contributed by atoms with Crippen molar-refractivity contribution in [3.05, 3.63) is 0 Å². The molecule has 0 heterocycles. The van der Waals surface area contributed by atoms with Crippen LogP contribution in [0.5, 0.6) is 0 Å². The van der Waals surface area contributed by atoms with Crippen molar-refractivity contribution >= 4 is 20.2 Å². The molecule has 0 fully saturated rings. The fourth-order valence-electron chi connectivity index (χ4n) is 0.419. The van der Waals surface area contributed by atoms with Crippen molar-refractivity contribution in [2.45, 2.75) is 23.6 Å². The van der Waals surface area contributed by atoms with Crippen LogP contribution < -0.4 is 0 Å². The average Bonchev–Trinajstić information content (AvgIpc) is 2.31. The van der Waals surface area contributed by atoms with Crippen LogP contribution in [0, 0.1) is 0 Å². The molecule has 0 saturated carbocycles. The minimum absolute atomic E-state index is 1.79. The number of alkyl halides is 11. The van der Waals surface area contributed by atoms with E-state index in [0.29, 0.717) is 0 Å². The Morgan fingerprint density at radius 3 is 1.24 bits per heavy atom. The molecule has 0 aromatic rings. The van der Waals surface area contributed by atoms with E-state index in [1.165, 1.54) is 0 Å². The molecule has 0 aliphatic heterocycles. The predicted molar refractivity (Wildman–Crippen MR) is 53.9 cm³/mol. The highest BCUT2D eigenvalue weighted by atomic mass is 32.2. The smallest absolute Gasteiger partial charge is 0.257 e. The number of hydrogen-bond acceptors (Lipinski definition) is 6. The standard InChI is InChI=1S/C3H2F6O3S.C3H3F5O3S/c4-2(5,6)1-12-13(10,11)3(7,8)9;4-2(5)1-11-12(9,10)3(6,7)8/h1H2;2H,1H2. The van der Waals surface area contributed by atoms with Crippen LogP contribution in [0.15, 0.2) is 0 Å².